The summed E-state index contributed by atoms with van der Waals surface area (Å²) in [4.78, 5) is 41.0. The number of aryl methyl sites for hydroxylation is 2. The lowest BCUT2D eigenvalue weighted by molar-refractivity contribution is 0.0660. The molecule has 0 aliphatic heterocycles. The lowest BCUT2D eigenvalue weighted by Gasteiger charge is -2.10. The Labute approximate surface area is 174 Å². The first-order valence-electron chi connectivity index (χ1n) is 9.03. The minimum atomic E-state index is -1.22. The van der Waals surface area contributed by atoms with Crippen LogP contribution in [0, 0.1) is 13.8 Å². The van der Waals surface area contributed by atoms with Gasteiger partial charge in [-0.15, -0.1) is 11.3 Å². The van der Waals surface area contributed by atoms with E-state index in [0.29, 0.717) is 21.5 Å². The van der Waals surface area contributed by atoms with Crippen LogP contribution in [-0.4, -0.2) is 27.7 Å². The zero-order valence-corrected chi connectivity index (χ0v) is 17.3. The monoisotopic (exact) mass is 426 g/mol. The number of H-pyrrole nitrogens is 1. The topological polar surface area (TPSA) is 115 Å². The number of aromatic nitrogens is 2. The number of aromatic carboxylic acids is 1. The third-order valence-electron chi connectivity index (χ3n) is 4.82. The number of carboxylic acids is 1. The van der Waals surface area contributed by atoms with Crippen molar-refractivity contribution in [3.05, 3.63) is 73.1 Å². The highest BCUT2D eigenvalue weighted by molar-refractivity contribution is 7.19. The molecule has 2 N–H and O–H groups in total. The molecule has 0 fully saturated rings. The van der Waals surface area contributed by atoms with E-state index >= 15 is 0 Å². The number of benzene rings is 1. The van der Waals surface area contributed by atoms with E-state index in [0.717, 1.165) is 20.6 Å². The number of hydrogen-bond acceptors (Lipinski definition) is 6. The summed E-state index contributed by atoms with van der Waals surface area (Å²) in [5, 5.41) is 9.39. The molecule has 4 aromatic rings. The van der Waals surface area contributed by atoms with Gasteiger partial charge in [0.2, 0.25) is 5.76 Å². The van der Waals surface area contributed by atoms with Crippen LogP contribution in [0.3, 0.4) is 0 Å². The average molecular weight is 426 g/mol. The van der Waals surface area contributed by atoms with Crippen LogP contribution in [0.4, 0.5) is 0 Å². The Morgan fingerprint density at radius 3 is 2.67 bits per heavy atom. The molecule has 0 unspecified atom stereocenters. The van der Waals surface area contributed by atoms with E-state index in [1.807, 2.05) is 32.0 Å². The van der Waals surface area contributed by atoms with Crippen molar-refractivity contribution in [1.82, 2.24) is 9.55 Å². The van der Waals surface area contributed by atoms with E-state index in [2.05, 4.69) is 4.98 Å². The molecule has 1 aromatic carbocycles. The number of ether oxygens (including phenoxy) is 1. The van der Waals surface area contributed by atoms with Crippen molar-refractivity contribution < 1.29 is 19.1 Å². The van der Waals surface area contributed by atoms with E-state index in [9.17, 15) is 14.4 Å². The van der Waals surface area contributed by atoms with E-state index in [4.69, 9.17) is 14.3 Å². The maximum absolute atomic E-state index is 13.3. The lowest BCUT2D eigenvalue weighted by atomic mass is 10.0. The summed E-state index contributed by atoms with van der Waals surface area (Å²) in [6.07, 6.45) is 0. The fraction of sp³-hybridized carbons (Fsp3) is 0.190. The fourth-order valence-corrected chi connectivity index (χ4v) is 4.50. The van der Waals surface area contributed by atoms with Crippen LogP contribution in [0.1, 0.15) is 26.8 Å². The second-order valence-corrected chi connectivity index (χ2v) is 8.06. The van der Waals surface area contributed by atoms with Gasteiger partial charge in [0.15, 0.2) is 0 Å². The normalized spacial score (nSPS) is 11.2. The van der Waals surface area contributed by atoms with Gasteiger partial charge in [0.25, 0.3) is 5.56 Å². The highest BCUT2D eigenvalue weighted by Gasteiger charge is 2.21. The third-order valence-corrected chi connectivity index (χ3v) is 5.84. The fourth-order valence-electron chi connectivity index (χ4n) is 3.45. The number of hydrogen-bond donors (Lipinski definition) is 2. The van der Waals surface area contributed by atoms with Crippen molar-refractivity contribution in [3.8, 4) is 16.9 Å². The molecule has 0 atom stereocenters. The summed E-state index contributed by atoms with van der Waals surface area (Å²) in [6.45, 7) is 3.65. The molecule has 30 heavy (non-hydrogen) atoms. The minimum absolute atomic E-state index is 0.184. The van der Waals surface area contributed by atoms with Gasteiger partial charge < -0.3 is 14.3 Å². The molecule has 0 amide bonds. The molecule has 0 aliphatic rings. The maximum atomic E-state index is 13.3. The molecule has 0 saturated heterocycles. The van der Waals surface area contributed by atoms with E-state index < -0.39 is 17.2 Å². The summed E-state index contributed by atoms with van der Waals surface area (Å²) in [7, 11) is 1.56. The Bertz CT molecular complexity index is 1410. The van der Waals surface area contributed by atoms with Gasteiger partial charge >= 0.3 is 11.7 Å². The number of nitrogens with zero attached hydrogens (tertiary/aromatic N) is 1. The van der Waals surface area contributed by atoms with Crippen LogP contribution < -0.4 is 16.0 Å². The minimum Gasteiger partial charge on any atom is -0.496 e. The van der Waals surface area contributed by atoms with Crippen LogP contribution in [-0.2, 0) is 6.54 Å². The Balaban J connectivity index is 1.94. The quantitative estimate of drug-likeness (QED) is 0.506. The first-order valence-corrected chi connectivity index (χ1v) is 9.85. The van der Waals surface area contributed by atoms with Gasteiger partial charge in [-0.3, -0.25) is 14.3 Å². The largest absolute Gasteiger partial charge is 0.496 e. The molecule has 9 heteroatoms. The lowest BCUT2D eigenvalue weighted by Crippen LogP contribution is -2.35. The molecule has 0 aliphatic carbocycles. The van der Waals surface area contributed by atoms with Gasteiger partial charge in [-0.2, -0.15) is 0 Å². The molecular weight excluding hydrogens is 408 g/mol. The van der Waals surface area contributed by atoms with Crippen molar-refractivity contribution >= 4 is 27.5 Å². The number of carboxylic acid groups (broad SMARTS) is 1. The molecule has 0 spiro atoms. The van der Waals surface area contributed by atoms with Gasteiger partial charge in [0.05, 0.1) is 19.0 Å². The van der Waals surface area contributed by atoms with Gasteiger partial charge in [-0.25, -0.2) is 9.59 Å². The SMILES string of the molecule is COc1ccc(C)cc1-c1c(C)sc2[nH]c(=O)n(Cc3ccc(C(=O)O)o3)c(=O)c12. The molecular formula is C21H18N2O6S. The standard InChI is InChI=1S/C21H18N2O6S/c1-10-4-6-14(28-3)13(8-10)16-11(2)30-18-17(16)19(24)23(21(27)22-18)9-12-5-7-15(29-12)20(25)26/h4-8H,9H2,1-3H3,(H,22,27)(H,25,26). The summed E-state index contributed by atoms with van der Waals surface area (Å²) in [5.74, 6) is -0.661. The van der Waals surface area contributed by atoms with E-state index in [-0.39, 0.29) is 18.1 Å². The van der Waals surface area contributed by atoms with Gasteiger partial charge in [-0.1, -0.05) is 11.6 Å². The highest BCUT2D eigenvalue weighted by Crippen LogP contribution is 2.40. The van der Waals surface area contributed by atoms with Crippen molar-refractivity contribution in [2.45, 2.75) is 20.4 Å². The Hall–Kier alpha value is -3.59. The number of furan rings is 1. The summed E-state index contributed by atoms with van der Waals surface area (Å²) in [5.41, 5.74) is 1.40. The van der Waals surface area contributed by atoms with E-state index in [1.54, 1.807) is 7.11 Å². The van der Waals surface area contributed by atoms with Gasteiger partial charge in [-0.05, 0) is 38.1 Å². The number of aromatic amines is 1. The first-order chi connectivity index (χ1) is 14.3. The number of thiophene rings is 1. The summed E-state index contributed by atoms with van der Waals surface area (Å²) in [6, 6.07) is 8.42. The number of rotatable bonds is 5. The zero-order valence-electron chi connectivity index (χ0n) is 16.4. The second-order valence-electron chi connectivity index (χ2n) is 6.83. The molecule has 3 heterocycles. The molecule has 0 bridgehead atoms. The van der Waals surface area contributed by atoms with Crippen molar-refractivity contribution in [3.63, 3.8) is 0 Å². The Morgan fingerprint density at radius 1 is 1.23 bits per heavy atom. The summed E-state index contributed by atoms with van der Waals surface area (Å²) < 4.78 is 11.7. The molecule has 4 rings (SSSR count). The maximum Gasteiger partial charge on any atom is 0.371 e. The number of nitrogens with one attached hydrogen (secondary N) is 1. The molecule has 3 aromatic heterocycles. The van der Waals surface area contributed by atoms with Crippen LogP contribution >= 0.6 is 11.3 Å². The second kappa shape index (κ2) is 7.34. The Kier molecular flexibility index (Phi) is 4.83. The van der Waals surface area contributed by atoms with Crippen molar-refractivity contribution in [2.24, 2.45) is 0 Å². The predicted molar refractivity (Wildman–Crippen MR) is 113 cm³/mol. The van der Waals surface area contributed by atoms with Gasteiger partial charge in [0, 0.05) is 16.0 Å². The number of carbonyl (C=O) groups is 1. The van der Waals surface area contributed by atoms with Crippen LogP contribution in [0.25, 0.3) is 21.3 Å². The Morgan fingerprint density at radius 2 is 2.00 bits per heavy atom. The van der Waals surface area contributed by atoms with Gasteiger partial charge in [0.1, 0.15) is 16.3 Å². The molecule has 154 valence electrons. The first kappa shape index (κ1) is 19.7. The molecule has 8 nitrogen and oxygen atoms in total. The van der Waals surface area contributed by atoms with E-state index in [1.165, 1.54) is 23.5 Å². The number of fused-ring (bicyclic) bond motifs is 1. The van der Waals surface area contributed by atoms with Crippen molar-refractivity contribution in [2.75, 3.05) is 7.11 Å². The highest BCUT2D eigenvalue weighted by atomic mass is 32.1. The van der Waals surface area contributed by atoms with Crippen LogP contribution in [0.5, 0.6) is 5.75 Å². The van der Waals surface area contributed by atoms with Crippen LogP contribution in [0.2, 0.25) is 0 Å². The predicted octanol–water partition coefficient (Wildman–Crippen LogP) is 3.38. The average Bonchev–Trinajstić information content (AvgIpc) is 3.29. The number of methoxy groups -OCH3 is 1. The molecule has 0 saturated carbocycles. The zero-order chi connectivity index (χ0) is 21.6. The van der Waals surface area contributed by atoms with Crippen molar-refractivity contribution in [1.29, 1.82) is 0 Å². The third kappa shape index (κ3) is 3.22. The van der Waals surface area contributed by atoms with Crippen LogP contribution in [0.15, 0.2) is 44.3 Å². The summed E-state index contributed by atoms with van der Waals surface area (Å²) >= 11 is 1.32. The molecule has 0 radical (unpaired) electrons. The smallest absolute Gasteiger partial charge is 0.371 e.